The number of urea groups is 1. The molecule has 1 aromatic rings. The Hall–Kier alpha value is -4.89. The van der Waals surface area contributed by atoms with Crippen LogP contribution in [0.4, 0.5) is 4.79 Å². The molecule has 0 radical (unpaired) electrons. The van der Waals surface area contributed by atoms with Crippen molar-refractivity contribution in [2.24, 2.45) is 22.4 Å². The van der Waals surface area contributed by atoms with Gasteiger partial charge in [0.2, 0.25) is 17.7 Å². The van der Waals surface area contributed by atoms with Crippen molar-refractivity contribution < 1.29 is 33.9 Å². The Labute approximate surface area is 243 Å². The molecule has 16 heteroatoms. The van der Waals surface area contributed by atoms with Crippen LogP contribution in [0.2, 0.25) is 0 Å². The van der Waals surface area contributed by atoms with Crippen LogP contribution < -0.4 is 32.8 Å². The van der Waals surface area contributed by atoms with Gasteiger partial charge in [-0.2, -0.15) is 0 Å². The third-order valence-corrected chi connectivity index (χ3v) is 6.34. The van der Waals surface area contributed by atoms with Gasteiger partial charge in [0, 0.05) is 20.0 Å². The van der Waals surface area contributed by atoms with E-state index in [0.29, 0.717) is 17.0 Å². The quantitative estimate of drug-likeness (QED) is 0.0944. The Morgan fingerprint density at radius 3 is 2.31 bits per heavy atom. The van der Waals surface area contributed by atoms with Gasteiger partial charge in [-0.1, -0.05) is 44.2 Å². The van der Waals surface area contributed by atoms with E-state index in [9.17, 15) is 33.9 Å². The summed E-state index contributed by atoms with van der Waals surface area (Å²) in [6, 6.07) is 4.26. The number of aliphatic carboxylic acids is 1. The Kier molecular flexibility index (Phi) is 12.5. The van der Waals surface area contributed by atoms with Crippen molar-refractivity contribution in [2.75, 3.05) is 26.7 Å². The summed E-state index contributed by atoms with van der Waals surface area (Å²) in [6.07, 6.45) is 0.401. The van der Waals surface area contributed by atoms with Crippen LogP contribution in [0, 0.1) is 5.92 Å². The maximum absolute atomic E-state index is 13.8. The molecule has 9 N–H and O–H groups in total. The number of carbonyl (C=O) groups excluding carboxylic acids is 5. The normalized spacial score (nSPS) is 21.0. The fourth-order valence-corrected chi connectivity index (χ4v) is 4.39. The summed E-state index contributed by atoms with van der Waals surface area (Å²) in [5.41, 5.74) is 13.5. The Balaban J connectivity index is 2.50. The molecule has 0 spiro atoms. The van der Waals surface area contributed by atoms with E-state index >= 15 is 0 Å². The van der Waals surface area contributed by atoms with Crippen LogP contribution in [0.25, 0.3) is 0 Å². The highest BCUT2D eigenvalue weighted by atomic mass is 16.4. The van der Waals surface area contributed by atoms with Crippen LogP contribution in [0.1, 0.15) is 32.3 Å². The zero-order valence-corrected chi connectivity index (χ0v) is 23.8. The standard InChI is InChI=1S/C26H39N9O7/c1-15(2)21-23(40)31-17(10-7-11-29-25(27)28)22(39)30-13-19(36)33-35(14-20(37)38)26(42)32-18(24(41)34(21)3)12-16-8-5-4-6-9-16/h4-6,8-9,15,17-18,21H,7,10-14H2,1-3H3,(H,30,39)(H,31,40)(H,32,42)(H,33,36)(H,37,38)(H4,27,28,29)/t17-,18+,21-/m0/s1. The van der Waals surface area contributed by atoms with E-state index in [1.54, 1.807) is 44.2 Å². The molecule has 1 heterocycles. The minimum Gasteiger partial charge on any atom is -0.480 e. The second-order valence-corrected chi connectivity index (χ2v) is 10.1. The first-order chi connectivity index (χ1) is 19.8. The summed E-state index contributed by atoms with van der Waals surface area (Å²) in [5.74, 6) is -4.90. The summed E-state index contributed by atoms with van der Waals surface area (Å²) < 4.78 is 0. The SMILES string of the molecule is CC(C)[C@H]1C(=O)N[C@@H](CCCN=C(N)N)C(=O)NCC(=O)NN(CC(=O)O)C(=O)N[C@H](Cc2ccccc2)C(=O)N1C. The number of hydrogen-bond acceptors (Lipinski definition) is 7. The lowest BCUT2D eigenvalue weighted by Crippen LogP contribution is -2.60. The zero-order chi connectivity index (χ0) is 31.4. The molecule has 0 aliphatic carbocycles. The van der Waals surface area contributed by atoms with E-state index in [1.807, 2.05) is 0 Å². The third-order valence-electron chi connectivity index (χ3n) is 6.34. The van der Waals surface area contributed by atoms with Gasteiger partial charge in [-0.15, -0.1) is 0 Å². The number of hydrogen-bond donors (Lipinski definition) is 7. The van der Waals surface area contributed by atoms with Crippen molar-refractivity contribution in [2.45, 2.75) is 51.2 Å². The molecule has 0 saturated carbocycles. The van der Waals surface area contributed by atoms with Gasteiger partial charge < -0.3 is 37.4 Å². The molecule has 42 heavy (non-hydrogen) atoms. The molecular formula is C26H39N9O7. The van der Waals surface area contributed by atoms with Crippen LogP contribution in [0.15, 0.2) is 35.3 Å². The largest absolute Gasteiger partial charge is 0.480 e. The van der Waals surface area contributed by atoms with Gasteiger partial charge in [0.1, 0.15) is 24.7 Å². The summed E-state index contributed by atoms with van der Waals surface area (Å²) >= 11 is 0. The van der Waals surface area contributed by atoms with E-state index in [4.69, 9.17) is 11.5 Å². The van der Waals surface area contributed by atoms with Crippen molar-refractivity contribution in [1.29, 1.82) is 0 Å². The Morgan fingerprint density at radius 1 is 1.05 bits per heavy atom. The second-order valence-electron chi connectivity index (χ2n) is 10.1. The van der Waals surface area contributed by atoms with Gasteiger partial charge in [-0.3, -0.25) is 34.4 Å². The number of amides is 6. The molecule has 1 aliphatic rings. The maximum atomic E-state index is 13.8. The average molecular weight is 590 g/mol. The molecule has 0 unspecified atom stereocenters. The molecule has 1 fully saturated rings. The van der Waals surface area contributed by atoms with E-state index in [-0.39, 0.29) is 25.3 Å². The van der Waals surface area contributed by atoms with Crippen LogP contribution >= 0.6 is 0 Å². The predicted octanol–water partition coefficient (Wildman–Crippen LogP) is -2.12. The maximum Gasteiger partial charge on any atom is 0.337 e. The second kappa shape index (κ2) is 15.8. The molecule has 230 valence electrons. The van der Waals surface area contributed by atoms with Gasteiger partial charge in [0.15, 0.2) is 5.96 Å². The summed E-state index contributed by atoms with van der Waals surface area (Å²) in [4.78, 5) is 82.6. The highest BCUT2D eigenvalue weighted by molar-refractivity contribution is 5.96. The van der Waals surface area contributed by atoms with Crippen LogP contribution in [0.3, 0.4) is 0 Å². The predicted molar refractivity (Wildman–Crippen MR) is 151 cm³/mol. The van der Waals surface area contributed by atoms with Crippen LogP contribution in [-0.4, -0.2) is 101 Å². The van der Waals surface area contributed by atoms with Gasteiger partial charge >= 0.3 is 12.0 Å². The van der Waals surface area contributed by atoms with E-state index in [1.165, 1.54) is 11.9 Å². The summed E-state index contributed by atoms with van der Waals surface area (Å²) in [7, 11) is 1.40. The smallest absolute Gasteiger partial charge is 0.337 e. The van der Waals surface area contributed by atoms with Gasteiger partial charge in [-0.05, 0) is 24.3 Å². The van der Waals surface area contributed by atoms with Crippen LogP contribution in [-0.2, 0) is 30.4 Å². The lowest BCUT2D eigenvalue weighted by molar-refractivity contribution is -0.142. The van der Waals surface area contributed by atoms with Crippen molar-refractivity contribution >= 4 is 41.6 Å². The number of carboxylic acids is 1. The number of guanidine groups is 1. The minimum atomic E-state index is -1.44. The van der Waals surface area contributed by atoms with Gasteiger partial charge in [0.05, 0.1) is 6.54 Å². The molecule has 16 nitrogen and oxygen atoms in total. The number of nitrogens with one attached hydrogen (secondary N) is 4. The molecule has 1 aromatic carbocycles. The van der Waals surface area contributed by atoms with Gasteiger partial charge in [-0.25, -0.2) is 9.80 Å². The summed E-state index contributed by atoms with van der Waals surface area (Å²) in [6.45, 7) is 2.04. The van der Waals surface area contributed by atoms with Crippen LogP contribution in [0.5, 0.6) is 0 Å². The number of nitrogens with zero attached hydrogens (tertiary/aromatic N) is 3. The van der Waals surface area contributed by atoms with E-state index in [0.717, 1.165) is 0 Å². The Morgan fingerprint density at radius 2 is 1.71 bits per heavy atom. The number of rotatable bonds is 9. The van der Waals surface area contributed by atoms with Crippen molar-refractivity contribution in [3.05, 3.63) is 35.9 Å². The molecule has 2 rings (SSSR count). The number of hydrazine groups is 1. The Bertz CT molecular complexity index is 1170. The highest BCUT2D eigenvalue weighted by Crippen LogP contribution is 2.15. The number of carbonyl (C=O) groups is 6. The first-order valence-corrected chi connectivity index (χ1v) is 13.3. The van der Waals surface area contributed by atoms with E-state index in [2.05, 4.69) is 26.4 Å². The lowest BCUT2D eigenvalue weighted by Gasteiger charge is -2.34. The number of carboxylic acid groups (broad SMARTS) is 1. The molecule has 1 saturated heterocycles. The fraction of sp³-hybridized carbons (Fsp3) is 0.500. The molecular weight excluding hydrogens is 550 g/mol. The van der Waals surface area contributed by atoms with Crippen molar-refractivity contribution in [3.63, 3.8) is 0 Å². The van der Waals surface area contributed by atoms with Crippen molar-refractivity contribution in [3.8, 4) is 0 Å². The lowest BCUT2D eigenvalue weighted by atomic mass is 9.98. The highest BCUT2D eigenvalue weighted by Gasteiger charge is 2.37. The first-order valence-electron chi connectivity index (χ1n) is 13.3. The number of nitrogens with two attached hydrogens (primary N) is 2. The molecule has 3 atom stereocenters. The zero-order valence-electron chi connectivity index (χ0n) is 23.8. The fourth-order valence-electron chi connectivity index (χ4n) is 4.39. The van der Waals surface area contributed by atoms with Gasteiger partial charge in [0.25, 0.3) is 5.91 Å². The van der Waals surface area contributed by atoms with E-state index < -0.39 is 72.8 Å². The first kappa shape index (κ1) is 33.3. The summed E-state index contributed by atoms with van der Waals surface area (Å²) in [5, 5.41) is 17.4. The number of aliphatic imine (C=N–C) groups is 1. The number of likely N-dealkylation sites (N-methyl/N-ethyl adjacent to an activating group) is 1. The molecule has 0 aromatic heterocycles. The number of benzene rings is 1. The minimum absolute atomic E-state index is 0.00447. The third kappa shape index (κ3) is 10.3. The monoisotopic (exact) mass is 589 g/mol. The van der Waals surface area contributed by atoms with Crippen molar-refractivity contribution in [1.82, 2.24) is 31.3 Å². The molecule has 6 amide bonds. The average Bonchev–Trinajstić information content (AvgIpc) is 2.91. The molecule has 0 bridgehead atoms. The molecule has 1 aliphatic heterocycles. The topological polar surface area (TPSA) is 242 Å².